The van der Waals surface area contributed by atoms with Gasteiger partial charge in [0.25, 0.3) is 0 Å². The highest BCUT2D eigenvalue weighted by Gasteiger charge is 2.38. The summed E-state index contributed by atoms with van der Waals surface area (Å²) in [6.45, 7) is 10.8. The van der Waals surface area contributed by atoms with Crippen LogP contribution in [0.2, 0.25) is 18.1 Å². The maximum atomic E-state index is 12.4. The average Bonchev–Trinajstić information content (AvgIpc) is 2.49. The van der Waals surface area contributed by atoms with E-state index in [1.807, 2.05) is 0 Å². The third-order valence-corrected chi connectivity index (χ3v) is 10.3. The number of benzene rings is 1. The lowest BCUT2D eigenvalue weighted by molar-refractivity contribution is 0.217. The zero-order valence-corrected chi connectivity index (χ0v) is 17.1. The molecule has 0 aliphatic heterocycles. The van der Waals surface area contributed by atoms with E-state index in [0.717, 1.165) is 0 Å². The molecule has 0 amide bonds. The third kappa shape index (κ3) is 5.93. The first-order valence-corrected chi connectivity index (χ1v) is 12.5. The van der Waals surface area contributed by atoms with E-state index in [1.165, 1.54) is 5.41 Å². The molecule has 0 saturated carbocycles. The van der Waals surface area contributed by atoms with Gasteiger partial charge < -0.3 is 4.43 Å². The van der Waals surface area contributed by atoms with E-state index in [-0.39, 0.29) is 16.0 Å². The summed E-state index contributed by atoms with van der Waals surface area (Å²) >= 11 is 0. The van der Waals surface area contributed by atoms with Crippen LogP contribution < -0.4 is 0 Å². The second-order valence-corrected chi connectivity index (χ2v) is 13.9. The molecule has 0 aliphatic carbocycles. The van der Waals surface area contributed by atoms with Crippen LogP contribution in [0.15, 0.2) is 46.7 Å². The summed E-state index contributed by atoms with van der Waals surface area (Å²) in [4.78, 5) is 0.282. The Morgan fingerprint density at radius 3 is 2.33 bits per heavy atom. The number of rotatable bonds is 7. The Bertz CT molecular complexity index is 692. The van der Waals surface area contributed by atoms with Crippen LogP contribution in [0, 0.1) is 12.3 Å². The van der Waals surface area contributed by atoms with Crippen LogP contribution >= 0.6 is 0 Å². The monoisotopic (exact) mass is 364 g/mol. The first-order valence-electron chi connectivity index (χ1n) is 8.09. The second-order valence-electron chi connectivity index (χ2n) is 7.35. The minimum atomic E-state index is -3.47. The van der Waals surface area contributed by atoms with Crippen molar-refractivity contribution in [3.8, 4) is 12.3 Å². The number of sulfone groups is 1. The molecular weight excluding hydrogens is 336 g/mol. The molecule has 24 heavy (non-hydrogen) atoms. The van der Waals surface area contributed by atoms with Crippen LogP contribution in [0.4, 0.5) is 0 Å². The van der Waals surface area contributed by atoms with Crippen LogP contribution in [-0.2, 0) is 14.3 Å². The first-order chi connectivity index (χ1) is 11.0. The van der Waals surface area contributed by atoms with Gasteiger partial charge in [-0.1, -0.05) is 39.0 Å². The van der Waals surface area contributed by atoms with Crippen molar-refractivity contribution in [1.82, 2.24) is 0 Å². The number of hydrogen-bond acceptors (Lipinski definition) is 3. The Labute approximate surface area is 148 Å². The normalized spacial score (nSPS) is 14.5. The molecule has 1 rings (SSSR count). The molecule has 5 heteroatoms. The van der Waals surface area contributed by atoms with Crippen LogP contribution in [0.3, 0.4) is 0 Å². The van der Waals surface area contributed by atoms with Gasteiger partial charge in [0, 0.05) is 11.8 Å². The fourth-order valence-corrected chi connectivity index (χ4v) is 4.24. The summed E-state index contributed by atoms with van der Waals surface area (Å²) in [6, 6.07) is 8.39. The van der Waals surface area contributed by atoms with Crippen molar-refractivity contribution in [3.05, 3.63) is 41.8 Å². The molecule has 0 spiro atoms. The molecule has 0 saturated heterocycles. The van der Waals surface area contributed by atoms with Gasteiger partial charge in [0.05, 0.1) is 11.0 Å². The average molecular weight is 365 g/mol. The predicted molar refractivity (Wildman–Crippen MR) is 103 cm³/mol. The molecule has 1 atom stereocenters. The lowest BCUT2D eigenvalue weighted by Crippen LogP contribution is -2.43. The van der Waals surface area contributed by atoms with Crippen LogP contribution in [0.5, 0.6) is 0 Å². The molecule has 0 aliphatic rings. The zero-order valence-electron chi connectivity index (χ0n) is 15.2. The molecule has 0 bridgehead atoms. The van der Waals surface area contributed by atoms with E-state index in [1.54, 1.807) is 36.4 Å². The van der Waals surface area contributed by atoms with Crippen molar-refractivity contribution < 1.29 is 12.8 Å². The Morgan fingerprint density at radius 2 is 1.83 bits per heavy atom. The summed E-state index contributed by atoms with van der Waals surface area (Å²) in [7, 11) is -5.48. The van der Waals surface area contributed by atoms with E-state index in [2.05, 4.69) is 39.8 Å². The van der Waals surface area contributed by atoms with E-state index < -0.39 is 18.2 Å². The maximum absolute atomic E-state index is 12.4. The second kappa shape index (κ2) is 8.15. The molecule has 0 heterocycles. The van der Waals surface area contributed by atoms with Crippen LogP contribution in [0.25, 0.3) is 0 Å². The lowest BCUT2D eigenvalue weighted by Gasteiger charge is -2.38. The standard InChI is InChI=1S/C19H28O3SSi/c1-7-8-12-17(22-24(5,6)19(2,3)4)15-16-23(20,21)18-13-10-9-11-14-18/h1,9-11,13-17H,8,12H2,2-6H3/b16-15+. The summed E-state index contributed by atoms with van der Waals surface area (Å²) < 4.78 is 31.1. The molecule has 1 unspecified atom stereocenters. The van der Waals surface area contributed by atoms with Gasteiger partial charge in [0.1, 0.15) is 0 Å². The summed E-state index contributed by atoms with van der Waals surface area (Å²) in [5, 5.41) is 1.30. The molecule has 132 valence electrons. The van der Waals surface area contributed by atoms with E-state index >= 15 is 0 Å². The molecule has 1 aromatic rings. The maximum Gasteiger partial charge on any atom is 0.199 e. The van der Waals surface area contributed by atoms with Crippen molar-refractivity contribution in [1.29, 1.82) is 0 Å². The molecular formula is C19H28O3SSi. The Kier molecular flexibility index (Phi) is 7.03. The molecule has 0 aromatic heterocycles. The smallest absolute Gasteiger partial charge is 0.199 e. The number of hydrogen-bond donors (Lipinski definition) is 0. The third-order valence-electron chi connectivity index (χ3n) is 4.37. The van der Waals surface area contributed by atoms with Crippen molar-refractivity contribution in [2.45, 2.75) is 62.7 Å². The molecule has 3 nitrogen and oxygen atoms in total. The SMILES string of the molecule is C#CCCC(/C=C/S(=O)(=O)c1ccccc1)O[Si](C)(C)C(C)(C)C. The highest BCUT2D eigenvalue weighted by Crippen LogP contribution is 2.38. The highest BCUT2D eigenvalue weighted by molar-refractivity contribution is 7.94. The van der Waals surface area contributed by atoms with Crippen LogP contribution in [-0.4, -0.2) is 22.8 Å². The van der Waals surface area contributed by atoms with Crippen molar-refractivity contribution in [2.24, 2.45) is 0 Å². The quantitative estimate of drug-likeness (QED) is 0.517. The van der Waals surface area contributed by atoms with Gasteiger partial charge in [-0.15, -0.1) is 12.3 Å². The fourth-order valence-electron chi connectivity index (χ4n) is 1.86. The minimum absolute atomic E-state index is 0.0491. The van der Waals surface area contributed by atoms with Crippen LogP contribution in [0.1, 0.15) is 33.6 Å². The van der Waals surface area contributed by atoms with Crippen molar-refractivity contribution >= 4 is 18.2 Å². The summed E-state index contributed by atoms with van der Waals surface area (Å²) in [6.07, 6.45) is 7.88. The fraction of sp³-hybridized carbons (Fsp3) is 0.474. The Hall–Kier alpha value is -1.35. The van der Waals surface area contributed by atoms with E-state index in [9.17, 15) is 8.42 Å². The van der Waals surface area contributed by atoms with Gasteiger partial charge in [0.15, 0.2) is 18.2 Å². The van der Waals surface area contributed by atoms with Gasteiger partial charge in [-0.2, -0.15) is 0 Å². The summed E-state index contributed by atoms with van der Waals surface area (Å²) in [5.41, 5.74) is 0. The molecule has 1 aromatic carbocycles. The van der Waals surface area contributed by atoms with Gasteiger partial charge >= 0.3 is 0 Å². The molecule has 0 N–H and O–H groups in total. The Morgan fingerprint density at radius 1 is 1.25 bits per heavy atom. The summed E-state index contributed by atoms with van der Waals surface area (Å²) in [5.74, 6) is 2.60. The van der Waals surface area contributed by atoms with Crippen molar-refractivity contribution in [2.75, 3.05) is 0 Å². The zero-order chi connectivity index (χ0) is 18.4. The Balaban J connectivity index is 3.00. The minimum Gasteiger partial charge on any atom is -0.410 e. The van der Waals surface area contributed by atoms with E-state index in [4.69, 9.17) is 10.8 Å². The number of terminal acetylenes is 1. The largest absolute Gasteiger partial charge is 0.410 e. The topological polar surface area (TPSA) is 43.4 Å². The lowest BCUT2D eigenvalue weighted by atomic mass is 10.2. The highest BCUT2D eigenvalue weighted by atomic mass is 32.2. The first kappa shape index (κ1) is 20.7. The van der Waals surface area contributed by atoms with Gasteiger partial charge in [-0.3, -0.25) is 0 Å². The molecule has 0 fully saturated rings. The van der Waals surface area contributed by atoms with E-state index in [0.29, 0.717) is 12.8 Å². The molecule has 0 radical (unpaired) electrons. The van der Waals surface area contributed by atoms with Gasteiger partial charge in [0.2, 0.25) is 0 Å². The van der Waals surface area contributed by atoms with Crippen molar-refractivity contribution in [3.63, 3.8) is 0 Å². The van der Waals surface area contributed by atoms with Gasteiger partial charge in [-0.25, -0.2) is 8.42 Å². The predicted octanol–water partition coefficient (Wildman–Crippen LogP) is 4.78. The van der Waals surface area contributed by atoms with Gasteiger partial charge in [-0.05, 0) is 42.8 Å².